The van der Waals surface area contributed by atoms with E-state index in [-0.39, 0.29) is 11.3 Å². The van der Waals surface area contributed by atoms with Gasteiger partial charge < -0.3 is 14.3 Å². The Morgan fingerprint density at radius 1 is 1.21 bits per heavy atom. The summed E-state index contributed by atoms with van der Waals surface area (Å²) in [6, 6.07) is 11.6. The number of carbonyl (C=O) groups is 1. The number of aliphatic carboxylic acids is 1. The van der Waals surface area contributed by atoms with Crippen LogP contribution in [0.4, 0.5) is 13.2 Å². The predicted octanol–water partition coefficient (Wildman–Crippen LogP) is 5.08. The lowest BCUT2D eigenvalue weighted by atomic mass is 10.1. The molecular formula is C23H21F3N2O4S. The van der Waals surface area contributed by atoms with Crippen molar-refractivity contribution < 1.29 is 32.2 Å². The molecule has 0 spiro atoms. The minimum Gasteiger partial charge on any atom is -0.493 e. The zero-order valence-electron chi connectivity index (χ0n) is 17.6. The molecule has 2 atom stereocenters. The van der Waals surface area contributed by atoms with Gasteiger partial charge in [-0.25, -0.2) is 4.98 Å². The van der Waals surface area contributed by atoms with E-state index in [1.807, 2.05) is 24.3 Å². The van der Waals surface area contributed by atoms with Gasteiger partial charge in [-0.05, 0) is 48.9 Å². The third-order valence-electron chi connectivity index (χ3n) is 5.22. The van der Waals surface area contributed by atoms with E-state index in [1.165, 1.54) is 12.1 Å². The van der Waals surface area contributed by atoms with Gasteiger partial charge in [0.25, 0.3) is 0 Å². The van der Waals surface area contributed by atoms with E-state index < -0.39 is 23.8 Å². The van der Waals surface area contributed by atoms with E-state index in [4.69, 9.17) is 14.3 Å². The van der Waals surface area contributed by atoms with Crippen LogP contribution in [0.1, 0.15) is 28.0 Å². The van der Waals surface area contributed by atoms with Crippen LogP contribution >= 0.6 is 11.8 Å². The molecule has 0 bridgehead atoms. The Kier molecular flexibility index (Phi) is 6.66. The first-order valence-electron chi connectivity index (χ1n) is 10.2. The van der Waals surface area contributed by atoms with E-state index in [9.17, 15) is 18.0 Å². The fourth-order valence-electron chi connectivity index (χ4n) is 3.40. The van der Waals surface area contributed by atoms with Crippen LogP contribution in [-0.2, 0) is 17.4 Å². The molecule has 0 radical (unpaired) electrons. The van der Waals surface area contributed by atoms with Crippen LogP contribution in [0.15, 0.2) is 52.9 Å². The Morgan fingerprint density at radius 2 is 1.91 bits per heavy atom. The second kappa shape index (κ2) is 9.48. The highest BCUT2D eigenvalue weighted by atomic mass is 32.2. The summed E-state index contributed by atoms with van der Waals surface area (Å²) in [5, 5.41) is 12.1. The number of nitrogens with zero attached hydrogens (tertiary/aromatic N) is 1. The quantitative estimate of drug-likeness (QED) is 0.490. The summed E-state index contributed by atoms with van der Waals surface area (Å²) in [6.07, 6.45) is -3.92. The molecule has 0 aliphatic carbocycles. The topological polar surface area (TPSA) is 84.6 Å². The molecular weight excluding hydrogens is 457 g/mol. The van der Waals surface area contributed by atoms with Crippen molar-refractivity contribution in [1.82, 2.24) is 10.3 Å². The van der Waals surface area contributed by atoms with Crippen molar-refractivity contribution in [3.63, 3.8) is 0 Å². The van der Waals surface area contributed by atoms with Crippen LogP contribution in [0, 0.1) is 6.92 Å². The number of halogens is 3. The number of ether oxygens (including phenoxy) is 1. The lowest BCUT2D eigenvalue weighted by molar-refractivity contribution is -0.139. The van der Waals surface area contributed by atoms with E-state index in [0.29, 0.717) is 41.5 Å². The molecule has 33 heavy (non-hydrogen) atoms. The molecule has 0 saturated carbocycles. The number of hydrogen-bond acceptors (Lipinski definition) is 6. The normalized spacial score (nSPS) is 18.4. The van der Waals surface area contributed by atoms with E-state index in [2.05, 4.69) is 10.3 Å². The van der Waals surface area contributed by atoms with Gasteiger partial charge in [0.05, 0.1) is 23.2 Å². The molecule has 2 heterocycles. The van der Waals surface area contributed by atoms with Crippen molar-refractivity contribution in [2.24, 2.45) is 0 Å². The zero-order valence-corrected chi connectivity index (χ0v) is 18.4. The number of nitrogens with one attached hydrogen (secondary N) is 1. The third kappa shape index (κ3) is 5.51. The number of benzene rings is 2. The summed E-state index contributed by atoms with van der Waals surface area (Å²) < 4.78 is 49.6. The predicted molar refractivity (Wildman–Crippen MR) is 117 cm³/mol. The van der Waals surface area contributed by atoms with Gasteiger partial charge in [-0.15, -0.1) is 11.8 Å². The summed E-state index contributed by atoms with van der Waals surface area (Å²) >= 11 is 1.55. The summed E-state index contributed by atoms with van der Waals surface area (Å²) in [4.78, 5) is 15.5. The smallest absolute Gasteiger partial charge is 0.416 e. The van der Waals surface area contributed by atoms with Crippen LogP contribution in [0.5, 0.6) is 5.75 Å². The van der Waals surface area contributed by atoms with E-state index in [0.717, 1.165) is 17.7 Å². The molecule has 1 aliphatic heterocycles. The average molecular weight is 478 g/mol. The Balaban J connectivity index is 1.32. The summed E-state index contributed by atoms with van der Waals surface area (Å²) in [5.41, 5.74) is 1.40. The Labute approximate surface area is 192 Å². The first-order valence-corrected chi connectivity index (χ1v) is 11.2. The molecule has 174 valence electrons. The lowest BCUT2D eigenvalue weighted by Gasteiger charge is -2.12. The molecule has 2 unspecified atom stereocenters. The van der Waals surface area contributed by atoms with Crippen LogP contribution in [0.25, 0.3) is 11.5 Å². The van der Waals surface area contributed by atoms with Crippen molar-refractivity contribution in [3.8, 4) is 17.2 Å². The monoisotopic (exact) mass is 478 g/mol. The van der Waals surface area contributed by atoms with Gasteiger partial charge >= 0.3 is 12.1 Å². The number of oxazole rings is 1. The largest absolute Gasteiger partial charge is 0.493 e. The number of carboxylic acids is 1. The number of hydrogen-bond donors (Lipinski definition) is 2. The van der Waals surface area contributed by atoms with Crippen molar-refractivity contribution in [1.29, 1.82) is 0 Å². The highest BCUT2D eigenvalue weighted by Gasteiger charge is 2.31. The number of aromatic nitrogens is 1. The first kappa shape index (κ1) is 23.2. The molecule has 1 aliphatic rings. The fraction of sp³-hybridized carbons (Fsp3) is 0.304. The number of aryl methyl sites for hydroxylation is 1. The molecule has 3 aromatic rings. The molecule has 1 aromatic heterocycles. The van der Waals surface area contributed by atoms with Gasteiger partial charge in [-0.3, -0.25) is 10.1 Å². The Morgan fingerprint density at radius 3 is 2.52 bits per heavy atom. The summed E-state index contributed by atoms with van der Waals surface area (Å²) in [5.74, 6) is 1.18. The molecule has 4 rings (SSSR count). The first-order chi connectivity index (χ1) is 15.7. The van der Waals surface area contributed by atoms with Gasteiger partial charge in [0.15, 0.2) is 0 Å². The van der Waals surface area contributed by atoms with Crippen LogP contribution in [-0.4, -0.2) is 34.5 Å². The summed E-state index contributed by atoms with van der Waals surface area (Å²) in [7, 11) is 0. The molecule has 6 nitrogen and oxygen atoms in total. The number of rotatable bonds is 7. The molecule has 0 amide bonds. The fourth-order valence-corrected chi connectivity index (χ4v) is 4.63. The number of thioether (sulfide) groups is 1. The van der Waals surface area contributed by atoms with Gasteiger partial charge in [0.1, 0.15) is 17.6 Å². The number of carboxylic acid groups (broad SMARTS) is 1. The van der Waals surface area contributed by atoms with Crippen molar-refractivity contribution >= 4 is 17.7 Å². The molecule has 10 heteroatoms. The second-order valence-electron chi connectivity index (χ2n) is 7.54. The van der Waals surface area contributed by atoms with Crippen LogP contribution in [0.3, 0.4) is 0 Å². The van der Waals surface area contributed by atoms with Gasteiger partial charge in [-0.2, -0.15) is 13.2 Å². The Bertz CT molecular complexity index is 1110. The van der Waals surface area contributed by atoms with E-state index >= 15 is 0 Å². The van der Waals surface area contributed by atoms with Gasteiger partial charge in [-0.1, -0.05) is 12.1 Å². The molecule has 1 fully saturated rings. The maximum Gasteiger partial charge on any atom is 0.416 e. The lowest BCUT2D eigenvalue weighted by Crippen LogP contribution is -2.33. The highest BCUT2D eigenvalue weighted by molar-refractivity contribution is 7.99. The standard InChI is InChI=1S/C23H21F3N2O4S/c1-13-18(27-20(32-13)14-2-6-16(7-3-14)23(24,25)26)10-11-31-17-8-4-15(5-9-17)21-28-19(12-33-21)22(29)30/h2-9,19,21,28H,10-12H2,1H3,(H,29,30). The molecule has 2 aromatic carbocycles. The third-order valence-corrected chi connectivity index (χ3v) is 6.49. The maximum atomic E-state index is 12.7. The minimum absolute atomic E-state index is 0.0680. The average Bonchev–Trinajstić information content (AvgIpc) is 3.41. The van der Waals surface area contributed by atoms with Crippen LogP contribution < -0.4 is 10.1 Å². The Hall–Kier alpha value is -2.98. The SMILES string of the molecule is Cc1oc(-c2ccc(C(F)(F)F)cc2)nc1CCOc1ccc(C2NC(C(=O)O)CS2)cc1. The highest BCUT2D eigenvalue weighted by Crippen LogP contribution is 2.34. The molecule has 1 saturated heterocycles. The van der Waals surface area contributed by atoms with E-state index in [1.54, 1.807) is 18.7 Å². The summed E-state index contributed by atoms with van der Waals surface area (Å²) in [6.45, 7) is 2.10. The molecule has 2 N–H and O–H groups in total. The van der Waals surface area contributed by atoms with Crippen molar-refractivity contribution in [2.75, 3.05) is 12.4 Å². The zero-order chi connectivity index (χ0) is 23.6. The second-order valence-corrected chi connectivity index (χ2v) is 8.67. The number of alkyl halides is 3. The maximum absolute atomic E-state index is 12.7. The van der Waals surface area contributed by atoms with Gasteiger partial charge in [0, 0.05) is 17.7 Å². The minimum atomic E-state index is -4.39. The van der Waals surface area contributed by atoms with Crippen molar-refractivity contribution in [2.45, 2.75) is 30.9 Å². The van der Waals surface area contributed by atoms with Crippen molar-refractivity contribution in [3.05, 3.63) is 71.1 Å². The van der Waals surface area contributed by atoms with Crippen LogP contribution in [0.2, 0.25) is 0 Å². The van der Waals surface area contributed by atoms with Gasteiger partial charge in [0.2, 0.25) is 5.89 Å².